The highest BCUT2D eigenvalue weighted by Gasteiger charge is 2.46. The van der Waals surface area contributed by atoms with Crippen LogP contribution in [0.4, 0.5) is 0 Å². The van der Waals surface area contributed by atoms with Gasteiger partial charge in [0.25, 0.3) is 0 Å². The molecular formula is C62H111N11O13. The molecule has 86 heavy (non-hydrogen) atoms. The lowest BCUT2D eigenvalue weighted by Gasteiger charge is -2.41. The van der Waals surface area contributed by atoms with Crippen molar-refractivity contribution in [2.45, 2.75) is 216 Å². The minimum atomic E-state index is -1.63. The Balaban J connectivity index is 4.36. The van der Waals surface area contributed by atoms with Crippen LogP contribution in [0.3, 0.4) is 0 Å². The van der Waals surface area contributed by atoms with Gasteiger partial charge in [-0.05, 0) is 93.8 Å². The smallest absolute Gasteiger partial charge is 0.247 e. The molecule has 1 rings (SSSR count). The Hall–Kier alpha value is -6.17. The number of aliphatic hydroxyl groups is 2. The van der Waals surface area contributed by atoms with Crippen molar-refractivity contribution in [1.82, 2.24) is 55.6 Å². The average molecular weight is 1220 g/mol. The zero-order chi connectivity index (χ0) is 66.7. The number of nitrogens with one attached hydrogen (secondary N) is 4. The molecule has 6 N–H and O–H groups in total. The molecule has 1 fully saturated rings. The van der Waals surface area contributed by atoms with Gasteiger partial charge in [0.1, 0.15) is 60.4 Å². The second-order valence-electron chi connectivity index (χ2n) is 26.1. The molecule has 11 amide bonds. The van der Waals surface area contributed by atoms with E-state index < -0.39 is 162 Å². The highest BCUT2D eigenvalue weighted by atomic mass is 16.3. The first-order valence-corrected chi connectivity index (χ1v) is 30.7. The molecule has 0 radical (unpaired) electrons. The van der Waals surface area contributed by atoms with Crippen molar-refractivity contribution in [2.24, 2.45) is 41.4 Å². The molecule has 24 heteroatoms. The van der Waals surface area contributed by atoms with E-state index >= 15 is 9.59 Å². The predicted molar refractivity (Wildman–Crippen MR) is 330 cm³/mol. The minimum Gasteiger partial charge on any atom is -0.394 e. The normalized spacial score (nSPS) is 26.7. The maximum atomic E-state index is 15.1. The van der Waals surface area contributed by atoms with Crippen LogP contribution < -0.4 is 21.3 Å². The quantitative estimate of drug-likeness (QED) is 0.121. The summed E-state index contributed by atoms with van der Waals surface area (Å²) in [5.74, 6) is -10.6. The monoisotopic (exact) mass is 1220 g/mol. The molecular weight excluding hydrogens is 1110 g/mol. The molecule has 0 spiro atoms. The van der Waals surface area contributed by atoms with Crippen LogP contribution in [0.2, 0.25) is 0 Å². The average Bonchev–Trinajstić information content (AvgIpc) is 1.90. The molecule has 492 valence electrons. The topological polar surface area (TPSA) is 299 Å². The largest absolute Gasteiger partial charge is 0.394 e. The molecule has 0 aromatic carbocycles. The van der Waals surface area contributed by atoms with E-state index in [9.17, 15) is 53.4 Å². The summed E-state index contributed by atoms with van der Waals surface area (Å²) in [6.07, 6.45) is 2.81. The van der Waals surface area contributed by atoms with E-state index in [1.165, 1.54) is 75.9 Å². The molecule has 0 saturated carbocycles. The van der Waals surface area contributed by atoms with Crippen LogP contribution in [0, 0.1) is 41.4 Å². The number of aliphatic hydroxyl groups excluding tert-OH is 2. The van der Waals surface area contributed by atoms with Crippen molar-refractivity contribution in [1.29, 1.82) is 0 Å². The third-order valence-electron chi connectivity index (χ3n) is 16.1. The molecule has 0 aromatic heterocycles. The third kappa shape index (κ3) is 21.6. The maximum Gasteiger partial charge on any atom is 0.247 e. The number of allylic oxidation sites excluding steroid dienone is 2. The summed E-state index contributed by atoms with van der Waals surface area (Å²) in [6.45, 7) is 26.6. The number of likely N-dealkylation sites (N-methyl/N-ethyl adjacent to an activating group) is 7. The highest BCUT2D eigenvalue weighted by Crippen LogP contribution is 2.26. The van der Waals surface area contributed by atoms with Crippen molar-refractivity contribution < 1.29 is 63.0 Å². The highest BCUT2D eigenvalue weighted by molar-refractivity contribution is 5.99. The van der Waals surface area contributed by atoms with E-state index in [0.29, 0.717) is 6.42 Å². The number of hydrogen-bond acceptors (Lipinski definition) is 13. The van der Waals surface area contributed by atoms with Crippen molar-refractivity contribution in [2.75, 3.05) is 62.5 Å². The van der Waals surface area contributed by atoms with E-state index in [0.717, 1.165) is 14.7 Å². The van der Waals surface area contributed by atoms with Crippen LogP contribution >= 0.6 is 0 Å². The molecule has 1 heterocycles. The summed E-state index contributed by atoms with van der Waals surface area (Å²) >= 11 is 0. The Morgan fingerprint density at radius 1 is 0.477 bits per heavy atom. The lowest BCUT2D eigenvalue weighted by Crippen LogP contribution is -2.63. The van der Waals surface area contributed by atoms with Gasteiger partial charge >= 0.3 is 0 Å². The molecule has 0 aliphatic carbocycles. The number of carbonyl (C=O) groups excluding carboxylic acids is 11. The number of hydrogen-bond donors (Lipinski definition) is 6. The number of carbonyl (C=O) groups is 11. The lowest BCUT2D eigenvalue weighted by molar-refractivity contribution is -0.157. The van der Waals surface area contributed by atoms with Crippen molar-refractivity contribution in [3.63, 3.8) is 0 Å². The summed E-state index contributed by atoms with van der Waals surface area (Å²) in [5.41, 5.74) is 0. The number of rotatable bonds is 16. The summed E-state index contributed by atoms with van der Waals surface area (Å²) < 4.78 is 0. The standard InChI is InChI=1S/C62H111N11O13/c1-24-26-27-40(15)52(76)51-56(80)64-42(25-2)57(81)67(17)32-48(75)68(18)44(28-34(3)4)55(79)66-49(38(11)12)61(85)69(19)45(29-35(5)6)54(78)63-41(16)53(77)65-43(33-74)58(82)70(20)46(30-36(7)8)59(83)71(21)47(31-37(9)10)60(84)72(22)50(39(13)14)62(86)73(51)23/h24,26,34-47,49-52,74,76H,25,27-33H2,1-23H3,(H,63,78)(H,64,80)(H,65,77)(H,66,79)/b26-24+/t40-,41+,42-,43-,44+,45-,46+,47+,49+,50-,51+,52-/m1/s1. The maximum absolute atomic E-state index is 15.1. The van der Waals surface area contributed by atoms with Gasteiger partial charge in [-0.2, -0.15) is 0 Å². The molecule has 0 aromatic rings. The van der Waals surface area contributed by atoms with Crippen molar-refractivity contribution in [3.05, 3.63) is 12.2 Å². The predicted octanol–water partition coefficient (Wildman–Crippen LogP) is 2.24. The first kappa shape index (κ1) is 77.8. The van der Waals surface area contributed by atoms with Crippen LogP contribution in [-0.2, 0) is 52.7 Å². The molecule has 0 unspecified atom stereocenters. The summed E-state index contributed by atoms with van der Waals surface area (Å²) in [6, 6.07) is -13.1. The first-order chi connectivity index (χ1) is 39.7. The molecule has 1 aliphatic heterocycles. The molecule has 0 bridgehead atoms. The molecule has 1 saturated heterocycles. The summed E-state index contributed by atoms with van der Waals surface area (Å²) in [4.78, 5) is 168. The van der Waals surface area contributed by atoms with E-state index in [2.05, 4.69) is 21.3 Å². The van der Waals surface area contributed by atoms with Gasteiger partial charge in [0, 0.05) is 49.3 Å². The Kier molecular flexibility index (Phi) is 32.2. The van der Waals surface area contributed by atoms with Crippen molar-refractivity contribution >= 4 is 65.0 Å². The zero-order valence-electron chi connectivity index (χ0n) is 56.2. The number of amides is 11. The Morgan fingerprint density at radius 2 is 0.895 bits per heavy atom. The molecule has 12 atom stereocenters. The van der Waals surface area contributed by atoms with Gasteiger partial charge in [0.2, 0.25) is 65.0 Å². The zero-order valence-corrected chi connectivity index (χ0v) is 56.2. The van der Waals surface area contributed by atoms with Crippen LogP contribution in [-0.4, -0.2) is 238 Å². The second-order valence-corrected chi connectivity index (χ2v) is 26.1. The fourth-order valence-electron chi connectivity index (χ4n) is 10.7. The van der Waals surface area contributed by atoms with E-state index in [4.69, 9.17) is 0 Å². The summed E-state index contributed by atoms with van der Waals surface area (Å²) in [7, 11) is 9.70. The van der Waals surface area contributed by atoms with Gasteiger partial charge in [-0.1, -0.05) is 109 Å². The Labute approximate surface area is 513 Å². The third-order valence-corrected chi connectivity index (χ3v) is 16.1. The van der Waals surface area contributed by atoms with Gasteiger partial charge in [-0.15, -0.1) is 0 Å². The lowest BCUT2D eigenvalue weighted by atomic mass is 9.91. The SMILES string of the molecule is C/C=C/C[C@@H](C)[C@@H](O)[C@H]1C(=O)N[C@H](CC)C(=O)N(C)CC(=O)N(C)[C@@H](CC(C)C)C(=O)N[C@@H](C(C)C)C(=O)N(C)[C@H](CC(C)C)C(=O)N[C@@H](C)C(=O)N[C@H](CO)C(=O)N(C)[C@@H](CC(C)C)C(=O)N(C)[C@@H](CC(C)C)C(=O)N(C)[C@H](C(C)C)C(=O)N1C. The molecule has 1 aliphatic rings. The molecule has 24 nitrogen and oxygen atoms in total. The Bertz CT molecular complexity index is 2350. The second kappa shape index (κ2) is 35.6. The number of nitrogens with zero attached hydrogens (tertiary/aromatic N) is 7. The van der Waals surface area contributed by atoms with Crippen LogP contribution in [0.1, 0.15) is 149 Å². The van der Waals surface area contributed by atoms with Crippen LogP contribution in [0.15, 0.2) is 12.2 Å². The Morgan fingerprint density at radius 3 is 1.34 bits per heavy atom. The fourth-order valence-corrected chi connectivity index (χ4v) is 10.7. The van der Waals surface area contributed by atoms with Crippen LogP contribution in [0.5, 0.6) is 0 Å². The van der Waals surface area contributed by atoms with Gasteiger partial charge < -0.3 is 65.8 Å². The van der Waals surface area contributed by atoms with Crippen LogP contribution in [0.25, 0.3) is 0 Å². The van der Waals surface area contributed by atoms with E-state index in [1.54, 1.807) is 60.6 Å². The van der Waals surface area contributed by atoms with Gasteiger partial charge in [0.05, 0.1) is 19.3 Å². The van der Waals surface area contributed by atoms with Crippen molar-refractivity contribution in [3.8, 4) is 0 Å². The van der Waals surface area contributed by atoms with E-state index in [1.807, 2.05) is 55.4 Å². The van der Waals surface area contributed by atoms with Gasteiger partial charge in [-0.3, -0.25) is 52.7 Å². The van der Waals surface area contributed by atoms with Gasteiger partial charge in [-0.25, -0.2) is 0 Å². The minimum absolute atomic E-state index is 0.0119. The fraction of sp³-hybridized carbons (Fsp3) is 0.790. The first-order valence-electron chi connectivity index (χ1n) is 30.7. The van der Waals surface area contributed by atoms with E-state index in [-0.39, 0.29) is 55.8 Å². The van der Waals surface area contributed by atoms with Gasteiger partial charge in [0.15, 0.2) is 0 Å². The summed E-state index contributed by atoms with van der Waals surface area (Å²) in [5, 5.41) is 33.5.